The first-order chi connectivity index (χ1) is 7.16. The quantitative estimate of drug-likeness (QED) is 0.740. The zero-order chi connectivity index (χ0) is 12.6. The fourth-order valence-corrected chi connectivity index (χ4v) is 1.17. The first-order valence-corrected chi connectivity index (χ1v) is 4.12. The van der Waals surface area contributed by atoms with Gasteiger partial charge in [0.25, 0.3) is 0 Å². The number of anilines is 1. The average Bonchev–Trinajstić information content (AvgIpc) is 2.14. The van der Waals surface area contributed by atoms with Crippen LogP contribution in [0.5, 0.6) is 0 Å². The molecule has 1 N–H and O–H groups in total. The summed E-state index contributed by atoms with van der Waals surface area (Å²) in [4.78, 5) is 0. The number of rotatable bonds is 1. The van der Waals surface area contributed by atoms with E-state index < -0.39 is 23.5 Å². The Labute approximate surface area is 87.1 Å². The molecule has 0 amide bonds. The SMILES string of the molecule is CNc1ccc(C(F)(F)F)cc1C(F)(F)F. The molecule has 7 heteroatoms. The van der Waals surface area contributed by atoms with Gasteiger partial charge in [-0.05, 0) is 18.2 Å². The zero-order valence-corrected chi connectivity index (χ0v) is 8.00. The normalized spacial score (nSPS) is 12.7. The molecule has 0 unspecified atom stereocenters. The molecule has 0 aliphatic rings. The number of halogens is 6. The highest BCUT2D eigenvalue weighted by molar-refractivity contribution is 5.54. The van der Waals surface area contributed by atoms with Gasteiger partial charge in [0.2, 0.25) is 0 Å². The van der Waals surface area contributed by atoms with Crippen LogP contribution in [0.15, 0.2) is 18.2 Å². The standard InChI is InChI=1S/C9H7F6N/c1-16-7-3-2-5(8(10,11)12)4-6(7)9(13,14)15/h2-4,16H,1H3. The van der Waals surface area contributed by atoms with Gasteiger partial charge in [-0.3, -0.25) is 0 Å². The minimum absolute atomic E-state index is 0.0891. The second kappa shape index (κ2) is 3.88. The van der Waals surface area contributed by atoms with Gasteiger partial charge in [-0.25, -0.2) is 0 Å². The third-order valence-electron chi connectivity index (χ3n) is 1.92. The molecule has 0 saturated carbocycles. The monoisotopic (exact) mass is 243 g/mol. The molecular weight excluding hydrogens is 236 g/mol. The molecule has 90 valence electrons. The van der Waals surface area contributed by atoms with Crippen molar-refractivity contribution >= 4 is 5.69 Å². The molecule has 1 nitrogen and oxygen atoms in total. The van der Waals surface area contributed by atoms with Crippen LogP contribution in [0.2, 0.25) is 0 Å². The lowest BCUT2D eigenvalue weighted by molar-refractivity contribution is -0.142. The molecule has 1 aromatic rings. The fraction of sp³-hybridized carbons (Fsp3) is 0.333. The van der Waals surface area contributed by atoms with Crippen LogP contribution >= 0.6 is 0 Å². The molecule has 0 aliphatic carbocycles. The Morgan fingerprint density at radius 2 is 1.50 bits per heavy atom. The van der Waals surface area contributed by atoms with Crippen molar-refractivity contribution in [2.75, 3.05) is 12.4 Å². The highest BCUT2D eigenvalue weighted by atomic mass is 19.4. The van der Waals surface area contributed by atoms with Crippen molar-refractivity contribution in [1.82, 2.24) is 0 Å². The van der Waals surface area contributed by atoms with E-state index in [1.165, 1.54) is 7.05 Å². The van der Waals surface area contributed by atoms with Crippen LogP contribution in [0.1, 0.15) is 11.1 Å². The fourth-order valence-electron chi connectivity index (χ4n) is 1.17. The summed E-state index contributed by atoms with van der Waals surface area (Å²) in [7, 11) is 1.21. The molecule has 1 aromatic carbocycles. The summed E-state index contributed by atoms with van der Waals surface area (Å²) in [5.74, 6) is 0. The second-order valence-corrected chi connectivity index (χ2v) is 3.01. The predicted octanol–water partition coefficient (Wildman–Crippen LogP) is 3.77. The van der Waals surface area contributed by atoms with Crippen LogP contribution in [-0.2, 0) is 12.4 Å². The lowest BCUT2D eigenvalue weighted by Gasteiger charge is -2.15. The van der Waals surface area contributed by atoms with Gasteiger partial charge in [-0.2, -0.15) is 26.3 Å². The summed E-state index contributed by atoms with van der Waals surface area (Å²) >= 11 is 0. The average molecular weight is 243 g/mol. The number of alkyl halides is 6. The maximum absolute atomic E-state index is 12.4. The van der Waals surface area contributed by atoms with Crippen molar-refractivity contribution in [1.29, 1.82) is 0 Å². The van der Waals surface area contributed by atoms with Gasteiger partial charge in [0.1, 0.15) is 0 Å². The lowest BCUT2D eigenvalue weighted by Crippen LogP contribution is -2.12. The van der Waals surface area contributed by atoms with Gasteiger partial charge in [0.15, 0.2) is 0 Å². The number of hydrogen-bond donors (Lipinski definition) is 1. The predicted molar refractivity (Wildman–Crippen MR) is 46.0 cm³/mol. The Morgan fingerprint density at radius 3 is 1.88 bits per heavy atom. The maximum atomic E-state index is 12.4. The molecule has 0 heterocycles. The molecule has 0 aromatic heterocycles. The lowest BCUT2D eigenvalue weighted by atomic mass is 10.1. The van der Waals surface area contributed by atoms with E-state index >= 15 is 0 Å². The van der Waals surface area contributed by atoms with Crippen molar-refractivity contribution in [3.8, 4) is 0 Å². The first kappa shape index (κ1) is 12.7. The van der Waals surface area contributed by atoms with Crippen LogP contribution in [-0.4, -0.2) is 7.05 Å². The highest BCUT2D eigenvalue weighted by Crippen LogP contribution is 2.39. The zero-order valence-electron chi connectivity index (χ0n) is 8.00. The van der Waals surface area contributed by atoms with Crippen molar-refractivity contribution in [2.45, 2.75) is 12.4 Å². The Hall–Kier alpha value is -1.40. The van der Waals surface area contributed by atoms with Crippen LogP contribution < -0.4 is 5.32 Å². The number of hydrogen-bond acceptors (Lipinski definition) is 1. The second-order valence-electron chi connectivity index (χ2n) is 3.01. The van der Waals surface area contributed by atoms with Gasteiger partial charge in [0.05, 0.1) is 11.1 Å². The Balaban J connectivity index is 3.34. The van der Waals surface area contributed by atoms with Crippen molar-refractivity contribution in [2.24, 2.45) is 0 Å². The highest BCUT2D eigenvalue weighted by Gasteiger charge is 2.37. The van der Waals surface area contributed by atoms with E-state index in [0.29, 0.717) is 6.07 Å². The minimum Gasteiger partial charge on any atom is -0.388 e. The van der Waals surface area contributed by atoms with E-state index in [1.54, 1.807) is 0 Å². The van der Waals surface area contributed by atoms with Gasteiger partial charge in [-0.15, -0.1) is 0 Å². The van der Waals surface area contributed by atoms with Gasteiger partial charge < -0.3 is 5.32 Å². The van der Waals surface area contributed by atoms with Crippen LogP contribution in [0.4, 0.5) is 32.0 Å². The van der Waals surface area contributed by atoms with Crippen LogP contribution in [0.3, 0.4) is 0 Å². The summed E-state index contributed by atoms with van der Waals surface area (Å²) in [6, 6.07) is 1.44. The summed E-state index contributed by atoms with van der Waals surface area (Å²) in [6.45, 7) is 0. The molecule has 0 radical (unpaired) electrons. The van der Waals surface area contributed by atoms with E-state index in [1.807, 2.05) is 0 Å². The molecule has 0 saturated heterocycles. The molecule has 16 heavy (non-hydrogen) atoms. The van der Waals surface area contributed by atoms with Gasteiger partial charge in [0, 0.05) is 12.7 Å². The van der Waals surface area contributed by atoms with Gasteiger partial charge in [-0.1, -0.05) is 0 Å². The van der Waals surface area contributed by atoms with E-state index in [4.69, 9.17) is 0 Å². The van der Waals surface area contributed by atoms with Crippen molar-refractivity contribution < 1.29 is 26.3 Å². The van der Waals surface area contributed by atoms with Gasteiger partial charge >= 0.3 is 12.4 Å². The smallest absolute Gasteiger partial charge is 0.388 e. The first-order valence-electron chi connectivity index (χ1n) is 4.12. The summed E-state index contributed by atoms with van der Waals surface area (Å²) < 4.78 is 73.8. The van der Waals surface area contributed by atoms with E-state index in [9.17, 15) is 26.3 Å². The van der Waals surface area contributed by atoms with Crippen LogP contribution in [0, 0.1) is 0 Å². The number of benzene rings is 1. The molecule has 0 fully saturated rings. The number of nitrogens with one attached hydrogen (secondary N) is 1. The summed E-state index contributed by atoms with van der Waals surface area (Å²) in [5.41, 5.74) is -3.04. The topological polar surface area (TPSA) is 12.0 Å². The summed E-state index contributed by atoms with van der Waals surface area (Å²) in [5, 5.41) is 2.19. The molecule has 0 spiro atoms. The van der Waals surface area contributed by atoms with E-state index in [0.717, 1.165) is 6.07 Å². The summed E-state index contributed by atoms with van der Waals surface area (Å²) in [6.07, 6.45) is -9.61. The molecule has 0 atom stereocenters. The van der Waals surface area contributed by atoms with Crippen LogP contribution in [0.25, 0.3) is 0 Å². The molecule has 0 bridgehead atoms. The molecule has 1 rings (SSSR count). The third kappa shape index (κ3) is 2.59. The largest absolute Gasteiger partial charge is 0.418 e. The maximum Gasteiger partial charge on any atom is 0.418 e. The molecular formula is C9H7F6N. The van der Waals surface area contributed by atoms with E-state index in [-0.39, 0.29) is 11.8 Å². The third-order valence-corrected chi connectivity index (χ3v) is 1.92. The van der Waals surface area contributed by atoms with E-state index in [2.05, 4.69) is 5.32 Å². The Bertz CT molecular complexity index is 379. The Kier molecular flexibility index (Phi) is 3.07. The minimum atomic E-state index is -4.82. The van der Waals surface area contributed by atoms with Crippen molar-refractivity contribution in [3.05, 3.63) is 29.3 Å². The van der Waals surface area contributed by atoms with Crippen molar-refractivity contribution in [3.63, 3.8) is 0 Å². The Morgan fingerprint density at radius 1 is 0.938 bits per heavy atom. The molecule has 0 aliphatic heterocycles.